The molecule has 3 unspecified atom stereocenters. The average molecular weight is 280 g/mol. The second-order valence-electron chi connectivity index (χ2n) is 6.90. The van der Waals surface area contributed by atoms with Crippen LogP contribution in [-0.4, -0.2) is 47.7 Å². The van der Waals surface area contributed by atoms with Gasteiger partial charge in [-0.15, -0.1) is 0 Å². The largest absolute Gasteiger partial charge is 0.396 e. The van der Waals surface area contributed by atoms with Gasteiger partial charge in [-0.3, -0.25) is 4.79 Å². The van der Waals surface area contributed by atoms with Crippen molar-refractivity contribution in [1.82, 2.24) is 10.2 Å². The average Bonchev–Trinajstić information content (AvgIpc) is 2.54. The van der Waals surface area contributed by atoms with E-state index >= 15 is 0 Å². The molecule has 1 aliphatic carbocycles. The zero-order chi connectivity index (χ0) is 13.9. The molecule has 3 rings (SSSR count). The monoisotopic (exact) mass is 280 g/mol. The number of carbonyl (C=O) groups is 1. The molecule has 0 radical (unpaired) electrons. The molecular weight excluding hydrogens is 252 g/mol. The number of hydrogen-bond donors (Lipinski definition) is 2. The van der Waals surface area contributed by atoms with E-state index in [0.29, 0.717) is 17.9 Å². The van der Waals surface area contributed by atoms with Gasteiger partial charge < -0.3 is 15.3 Å². The van der Waals surface area contributed by atoms with Crippen LogP contribution in [0, 0.1) is 11.8 Å². The molecule has 4 nitrogen and oxygen atoms in total. The number of nitrogens with zero attached hydrogens (tertiary/aromatic N) is 1. The van der Waals surface area contributed by atoms with E-state index < -0.39 is 0 Å². The van der Waals surface area contributed by atoms with Gasteiger partial charge in [0.15, 0.2) is 0 Å². The van der Waals surface area contributed by atoms with Crippen LogP contribution in [0.4, 0.5) is 0 Å². The molecule has 20 heavy (non-hydrogen) atoms. The summed E-state index contributed by atoms with van der Waals surface area (Å²) in [6.07, 6.45) is 9.44. The third-order valence-corrected chi connectivity index (χ3v) is 5.63. The Bertz CT molecular complexity index is 339. The molecule has 2 heterocycles. The first-order valence-electron chi connectivity index (χ1n) is 8.43. The van der Waals surface area contributed by atoms with Gasteiger partial charge in [0.05, 0.1) is 6.04 Å². The molecule has 4 heteroatoms. The minimum atomic E-state index is 0.0556. The molecule has 114 valence electrons. The minimum absolute atomic E-state index is 0.0556. The Labute approximate surface area is 121 Å². The predicted molar refractivity (Wildman–Crippen MR) is 78.3 cm³/mol. The van der Waals surface area contributed by atoms with E-state index in [1.54, 1.807) is 0 Å². The molecular formula is C16H28N2O2. The van der Waals surface area contributed by atoms with Gasteiger partial charge >= 0.3 is 0 Å². The van der Waals surface area contributed by atoms with Crippen molar-refractivity contribution in [1.29, 1.82) is 0 Å². The van der Waals surface area contributed by atoms with Gasteiger partial charge in [-0.2, -0.15) is 0 Å². The van der Waals surface area contributed by atoms with Crippen LogP contribution in [0.15, 0.2) is 0 Å². The lowest BCUT2D eigenvalue weighted by atomic mass is 9.77. The summed E-state index contributed by atoms with van der Waals surface area (Å²) in [5.74, 6) is 1.53. The summed E-state index contributed by atoms with van der Waals surface area (Å²) in [5, 5.41) is 12.8. The molecule has 0 aromatic heterocycles. The number of aliphatic hydroxyl groups excluding tert-OH is 1. The second kappa shape index (κ2) is 6.44. The van der Waals surface area contributed by atoms with E-state index in [4.69, 9.17) is 0 Å². The Balaban J connectivity index is 1.52. The Kier molecular flexibility index (Phi) is 4.61. The fraction of sp³-hybridized carbons (Fsp3) is 0.938. The molecule has 0 aromatic carbocycles. The predicted octanol–water partition coefficient (Wildman–Crippen LogP) is 1.53. The molecule has 2 saturated heterocycles. The quantitative estimate of drug-likeness (QED) is 0.806. The van der Waals surface area contributed by atoms with E-state index in [-0.39, 0.29) is 12.6 Å². The van der Waals surface area contributed by atoms with Crippen molar-refractivity contribution in [2.24, 2.45) is 11.8 Å². The molecule has 3 atom stereocenters. The summed E-state index contributed by atoms with van der Waals surface area (Å²) in [6.45, 7) is 1.93. The molecule has 0 bridgehead atoms. The van der Waals surface area contributed by atoms with Gasteiger partial charge in [0.1, 0.15) is 0 Å². The first-order chi connectivity index (χ1) is 9.78. The number of likely N-dealkylation sites (tertiary alicyclic amines) is 1. The van der Waals surface area contributed by atoms with E-state index in [2.05, 4.69) is 5.32 Å². The van der Waals surface area contributed by atoms with Crippen LogP contribution in [0.1, 0.15) is 51.4 Å². The molecule has 1 amide bonds. The van der Waals surface area contributed by atoms with E-state index in [0.717, 1.165) is 38.3 Å². The standard InChI is InChI=1S/C16H28N2O2/c19-11-12-7-9-18(10-8-12)16(20)15-6-5-13-3-1-2-4-14(13)17-15/h12-15,17,19H,1-11H2. The number of rotatable bonds is 2. The second-order valence-corrected chi connectivity index (χ2v) is 6.90. The van der Waals surface area contributed by atoms with Crippen LogP contribution in [0.2, 0.25) is 0 Å². The summed E-state index contributed by atoms with van der Waals surface area (Å²) in [5.41, 5.74) is 0. The number of carbonyl (C=O) groups excluding carboxylic acids is 1. The number of aliphatic hydroxyl groups is 1. The van der Waals surface area contributed by atoms with Crippen molar-refractivity contribution in [2.45, 2.75) is 63.5 Å². The lowest BCUT2D eigenvalue weighted by Crippen LogP contribution is -2.56. The van der Waals surface area contributed by atoms with Gasteiger partial charge in [-0.1, -0.05) is 12.8 Å². The zero-order valence-corrected chi connectivity index (χ0v) is 12.4. The van der Waals surface area contributed by atoms with Crippen LogP contribution in [0.5, 0.6) is 0 Å². The van der Waals surface area contributed by atoms with Gasteiger partial charge in [0.2, 0.25) is 5.91 Å². The summed E-state index contributed by atoms with van der Waals surface area (Å²) in [7, 11) is 0. The Morgan fingerprint density at radius 2 is 1.80 bits per heavy atom. The number of fused-ring (bicyclic) bond motifs is 1. The molecule has 3 fully saturated rings. The van der Waals surface area contributed by atoms with E-state index in [1.165, 1.54) is 32.1 Å². The van der Waals surface area contributed by atoms with Crippen LogP contribution in [0.3, 0.4) is 0 Å². The fourth-order valence-electron chi connectivity index (χ4n) is 4.25. The Morgan fingerprint density at radius 1 is 1.05 bits per heavy atom. The first-order valence-corrected chi connectivity index (χ1v) is 8.43. The zero-order valence-electron chi connectivity index (χ0n) is 12.4. The van der Waals surface area contributed by atoms with Crippen LogP contribution in [0.25, 0.3) is 0 Å². The van der Waals surface area contributed by atoms with Crippen LogP contribution < -0.4 is 5.32 Å². The maximum absolute atomic E-state index is 12.6. The fourth-order valence-corrected chi connectivity index (χ4v) is 4.25. The normalized spacial score (nSPS) is 35.6. The van der Waals surface area contributed by atoms with Gasteiger partial charge in [0, 0.05) is 25.7 Å². The highest BCUT2D eigenvalue weighted by atomic mass is 16.3. The molecule has 2 N–H and O–H groups in total. The number of piperidine rings is 2. The van der Waals surface area contributed by atoms with Crippen molar-refractivity contribution in [3.05, 3.63) is 0 Å². The molecule has 2 aliphatic heterocycles. The SMILES string of the molecule is O=C(C1CCC2CCCCC2N1)N1CCC(CO)CC1. The summed E-state index contributed by atoms with van der Waals surface area (Å²) in [6, 6.07) is 0.640. The first kappa shape index (κ1) is 14.3. The van der Waals surface area contributed by atoms with Crippen LogP contribution in [-0.2, 0) is 4.79 Å². The van der Waals surface area contributed by atoms with Crippen molar-refractivity contribution in [3.8, 4) is 0 Å². The highest BCUT2D eigenvalue weighted by molar-refractivity contribution is 5.82. The lowest BCUT2D eigenvalue weighted by molar-refractivity contribution is -0.136. The van der Waals surface area contributed by atoms with Crippen molar-refractivity contribution >= 4 is 5.91 Å². The van der Waals surface area contributed by atoms with Crippen molar-refractivity contribution < 1.29 is 9.90 Å². The maximum atomic E-state index is 12.6. The summed E-state index contributed by atoms with van der Waals surface area (Å²) in [4.78, 5) is 14.6. The number of amides is 1. The Hall–Kier alpha value is -0.610. The van der Waals surface area contributed by atoms with Crippen molar-refractivity contribution in [3.63, 3.8) is 0 Å². The summed E-state index contributed by atoms with van der Waals surface area (Å²) < 4.78 is 0. The highest BCUT2D eigenvalue weighted by Crippen LogP contribution is 2.32. The molecule has 1 saturated carbocycles. The molecule has 3 aliphatic rings. The smallest absolute Gasteiger partial charge is 0.239 e. The third-order valence-electron chi connectivity index (χ3n) is 5.63. The van der Waals surface area contributed by atoms with E-state index in [1.807, 2.05) is 4.90 Å². The topological polar surface area (TPSA) is 52.6 Å². The highest BCUT2D eigenvalue weighted by Gasteiger charge is 2.36. The lowest BCUT2D eigenvalue weighted by Gasteiger charge is -2.42. The molecule has 0 spiro atoms. The molecule has 0 aromatic rings. The number of nitrogens with one attached hydrogen (secondary N) is 1. The third kappa shape index (κ3) is 3.01. The van der Waals surface area contributed by atoms with Gasteiger partial charge in [0.25, 0.3) is 0 Å². The Morgan fingerprint density at radius 3 is 2.55 bits per heavy atom. The van der Waals surface area contributed by atoms with Crippen molar-refractivity contribution in [2.75, 3.05) is 19.7 Å². The maximum Gasteiger partial charge on any atom is 0.239 e. The minimum Gasteiger partial charge on any atom is -0.396 e. The van der Waals surface area contributed by atoms with Gasteiger partial charge in [-0.25, -0.2) is 0 Å². The van der Waals surface area contributed by atoms with Crippen LogP contribution >= 0.6 is 0 Å². The van der Waals surface area contributed by atoms with Gasteiger partial charge in [-0.05, 0) is 50.4 Å². The summed E-state index contributed by atoms with van der Waals surface area (Å²) >= 11 is 0. The van der Waals surface area contributed by atoms with E-state index in [9.17, 15) is 9.90 Å². The number of hydrogen-bond acceptors (Lipinski definition) is 3.